The zero-order valence-electron chi connectivity index (χ0n) is 11.2. The van der Waals surface area contributed by atoms with E-state index in [1.165, 1.54) is 12.0 Å². The molecule has 2 aromatic rings. The number of aryl methyl sites for hydroxylation is 1. The second-order valence-electron chi connectivity index (χ2n) is 4.35. The van der Waals surface area contributed by atoms with E-state index in [-0.39, 0.29) is 12.3 Å². The first-order valence-corrected chi connectivity index (χ1v) is 5.92. The van der Waals surface area contributed by atoms with Crippen LogP contribution in [0.15, 0.2) is 30.5 Å². The van der Waals surface area contributed by atoms with Crippen molar-refractivity contribution in [3.8, 4) is 0 Å². The van der Waals surface area contributed by atoms with Crippen LogP contribution in [0.25, 0.3) is 10.9 Å². The van der Waals surface area contributed by atoms with E-state index in [4.69, 9.17) is 0 Å². The second-order valence-corrected chi connectivity index (χ2v) is 4.35. The van der Waals surface area contributed by atoms with Gasteiger partial charge in [-0.1, -0.05) is 18.2 Å². The lowest BCUT2D eigenvalue weighted by Gasteiger charge is -2.15. The van der Waals surface area contributed by atoms with E-state index in [1.807, 2.05) is 42.1 Å². The number of carbonyl (C=O) groups is 2. The summed E-state index contributed by atoms with van der Waals surface area (Å²) in [6.45, 7) is 0. The van der Waals surface area contributed by atoms with Crippen molar-refractivity contribution in [1.82, 2.24) is 4.57 Å². The van der Waals surface area contributed by atoms with Crippen molar-refractivity contribution in [3.05, 3.63) is 30.5 Å². The molecule has 0 saturated carbocycles. The van der Waals surface area contributed by atoms with Gasteiger partial charge in [-0.2, -0.15) is 0 Å². The molecule has 5 heteroatoms. The third-order valence-corrected chi connectivity index (χ3v) is 3.13. The van der Waals surface area contributed by atoms with Crippen LogP contribution in [0.5, 0.6) is 0 Å². The summed E-state index contributed by atoms with van der Waals surface area (Å²) in [5.74, 6) is -0.819. The molecule has 5 nitrogen and oxygen atoms in total. The normalized spacial score (nSPS) is 10.5. The highest BCUT2D eigenvalue weighted by atomic mass is 16.5. The predicted octanol–water partition coefficient (Wildman–Crippen LogP) is 1.70. The molecule has 0 fully saturated rings. The molecule has 0 saturated heterocycles. The first-order chi connectivity index (χ1) is 9.04. The number of rotatable bonds is 3. The van der Waals surface area contributed by atoms with Crippen molar-refractivity contribution in [3.63, 3.8) is 0 Å². The van der Waals surface area contributed by atoms with Gasteiger partial charge in [0.05, 0.1) is 12.8 Å². The monoisotopic (exact) mass is 260 g/mol. The van der Waals surface area contributed by atoms with Gasteiger partial charge in [-0.25, -0.2) is 0 Å². The minimum atomic E-state index is -0.530. The van der Waals surface area contributed by atoms with Crippen LogP contribution < -0.4 is 4.90 Å². The summed E-state index contributed by atoms with van der Waals surface area (Å²) >= 11 is 0. The topological polar surface area (TPSA) is 51.5 Å². The van der Waals surface area contributed by atoms with E-state index in [9.17, 15) is 9.59 Å². The number of amides is 1. The largest absolute Gasteiger partial charge is 0.469 e. The Hall–Kier alpha value is -2.30. The third kappa shape index (κ3) is 2.45. The Kier molecular flexibility index (Phi) is 3.55. The molecule has 2 rings (SSSR count). The molecule has 0 aliphatic carbocycles. The van der Waals surface area contributed by atoms with Crippen LogP contribution in [0.1, 0.15) is 6.42 Å². The number of anilines is 1. The van der Waals surface area contributed by atoms with Crippen molar-refractivity contribution >= 4 is 28.5 Å². The van der Waals surface area contributed by atoms with Gasteiger partial charge >= 0.3 is 5.97 Å². The second kappa shape index (κ2) is 5.14. The zero-order valence-corrected chi connectivity index (χ0v) is 11.2. The molecule has 0 bridgehead atoms. The number of benzene rings is 1. The Bertz CT molecular complexity index is 631. The number of aromatic nitrogens is 1. The molecule has 0 atom stereocenters. The number of para-hydroxylation sites is 1. The lowest BCUT2D eigenvalue weighted by atomic mass is 10.2. The fourth-order valence-electron chi connectivity index (χ4n) is 2.04. The van der Waals surface area contributed by atoms with Crippen molar-refractivity contribution < 1.29 is 14.3 Å². The van der Waals surface area contributed by atoms with Gasteiger partial charge in [-0.05, 0) is 6.07 Å². The number of esters is 1. The van der Waals surface area contributed by atoms with E-state index < -0.39 is 5.97 Å². The first-order valence-electron chi connectivity index (χ1n) is 5.92. The van der Waals surface area contributed by atoms with E-state index >= 15 is 0 Å². The fourth-order valence-corrected chi connectivity index (χ4v) is 2.04. The van der Waals surface area contributed by atoms with Crippen molar-refractivity contribution in [2.24, 2.45) is 7.05 Å². The Balaban J connectivity index is 2.34. The minimum Gasteiger partial charge on any atom is -0.469 e. The highest BCUT2D eigenvalue weighted by molar-refractivity contribution is 6.08. The lowest BCUT2D eigenvalue weighted by molar-refractivity contribution is -0.143. The molecule has 0 radical (unpaired) electrons. The number of hydrogen-bond acceptors (Lipinski definition) is 3. The number of carbonyl (C=O) groups excluding carboxylic acids is 2. The van der Waals surface area contributed by atoms with Crippen molar-refractivity contribution in [2.75, 3.05) is 19.1 Å². The van der Waals surface area contributed by atoms with Gasteiger partial charge < -0.3 is 14.2 Å². The number of ether oxygens (including phenoxy) is 1. The van der Waals surface area contributed by atoms with E-state index in [0.717, 1.165) is 16.6 Å². The summed E-state index contributed by atoms with van der Waals surface area (Å²) in [6, 6.07) is 7.80. The summed E-state index contributed by atoms with van der Waals surface area (Å²) in [5.41, 5.74) is 1.82. The number of hydrogen-bond donors (Lipinski definition) is 0. The number of fused-ring (bicyclic) bond motifs is 1. The van der Waals surface area contributed by atoms with Gasteiger partial charge in [0.2, 0.25) is 5.91 Å². The van der Waals surface area contributed by atoms with Gasteiger partial charge in [0.25, 0.3) is 0 Å². The van der Waals surface area contributed by atoms with E-state index in [2.05, 4.69) is 4.74 Å². The third-order valence-electron chi connectivity index (χ3n) is 3.13. The van der Waals surface area contributed by atoms with Gasteiger partial charge in [0.15, 0.2) is 0 Å². The Labute approximate surface area is 111 Å². The molecule has 1 aromatic carbocycles. The molecule has 0 aliphatic heterocycles. The SMILES string of the molecule is COC(=O)CC(=O)N(C)c1cn(C)c2ccccc12. The van der Waals surface area contributed by atoms with Crippen LogP contribution in [0.4, 0.5) is 5.69 Å². The maximum absolute atomic E-state index is 12.0. The molecule has 0 N–H and O–H groups in total. The van der Waals surface area contributed by atoms with Gasteiger partial charge in [-0.15, -0.1) is 0 Å². The van der Waals surface area contributed by atoms with Crippen LogP contribution >= 0.6 is 0 Å². The van der Waals surface area contributed by atoms with E-state index in [0.29, 0.717) is 0 Å². The molecule has 0 aliphatic rings. The van der Waals surface area contributed by atoms with Crippen molar-refractivity contribution in [2.45, 2.75) is 6.42 Å². The van der Waals surface area contributed by atoms with E-state index in [1.54, 1.807) is 7.05 Å². The van der Waals surface area contributed by atoms with Gasteiger partial charge in [0.1, 0.15) is 6.42 Å². The predicted molar refractivity (Wildman–Crippen MR) is 73.0 cm³/mol. The summed E-state index contributed by atoms with van der Waals surface area (Å²) in [4.78, 5) is 24.6. The van der Waals surface area contributed by atoms with Crippen molar-refractivity contribution in [1.29, 1.82) is 0 Å². The average Bonchev–Trinajstić information content (AvgIpc) is 2.75. The standard InChI is InChI=1S/C14H16N2O3/c1-15-9-12(10-6-4-5-7-11(10)15)16(2)13(17)8-14(18)19-3/h4-7,9H,8H2,1-3H3. The van der Waals surface area contributed by atoms with Crippen LogP contribution in [0.2, 0.25) is 0 Å². The number of methoxy groups -OCH3 is 1. The maximum Gasteiger partial charge on any atom is 0.315 e. The van der Waals surface area contributed by atoms with Crippen LogP contribution in [0, 0.1) is 0 Å². The average molecular weight is 260 g/mol. The lowest BCUT2D eigenvalue weighted by Crippen LogP contribution is -2.28. The molecule has 1 amide bonds. The number of nitrogens with zero attached hydrogens (tertiary/aromatic N) is 2. The molecule has 100 valence electrons. The Morgan fingerprint density at radius 3 is 2.68 bits per heavy atom. The maximum atomic E-state index is 12.0. The first kappa shape index (κ1) is 13.1. The molecular weight excluding hydrogens is 244 g/mol. The summed E-state index contributed by atoms with van der Waals surface area (Å²) in [6.07, 6.45) is 1.62. The minimum absolute atomic E-state index is 0.254. The molecule has 1 heterocycles. The highest BCUT2D eigenvalue weighted by Crippen LogP contribution is 2.27. The smallest absolute Gasteiger partial charge is 0.315 e. The quantitative estimate of drug-likeness (QED) is 0.623. The Morgan fingerprint density at radius 1 is 1.32 bits per heavy atom. The van der Waals surface area contributed by atoms with Crippen LogP contribution in [0.3, 0.4) is 0 Å². The Morgan fingerprint density at radius 2 is 2.00 bits per heavy atom. The molecule has 19 heavy (non-hydrogen) atoms. The van der Waals surface area contributed by atoms with Crippen LogP contribution in [-0.2, 0) is 21.4 Å². The van der Waals surface area contributed by atoms with Gasteiger partial charge in [0, 0.05) is 31.2 Å². The highest BCUT2D eigenvalue weighted by Gasteiger charge is 2.18. The summed E-state index contributed by atoms with van der Waals surface area (Å²) in [5, 5.41) is 0.978. The molecular formula is C14H16N2O3. The fraction of sp³-hybridized carbons (Fsp3) is 0.286. The molecule has 0 unspecified atom stereocenters. The van der Waals surface area contributed by atoms with Crippen LogP contribution in [-0.4, -0.2) is 30.6 Å². The summed E-state index contributed by atoms with van der Waals surface area (Å²) < 4.78 is 6.46. The molecule has 0 spiro atoms. The summed E-state index contributed by atoms with van der Waals surface area (Å²) in [7, 11) is 4.85. The van der Waals surface area contributed by atoms with Gasteiger partial charge in [-0.3, -0.25) is 9.59 Å². The molecule has 1 aromatic heterocycles. The zero-order chi connectivity index (χ0) is 14.0.